The Kier molecular flexibility index (Phi) is 6.10. The highest BCUT2D eigenvalue weighted by atomic mass is 16.5. The van der Waals surface area contributed by atoms with Crippen molar-refractivity contribution in [1.29, 1.82) is 0 Å². The van der Waals surface area contributed by atoms with Crippen LogP contribution >= 0.6 is 0 Å². The zero-order valence-corrected chi connectivity index (χ0v) is 12.9. The minimum Gasteiger partial charge on any atom is -0.493 e. The number of aliphatic hydroxyl groups is 1. The van der Waals surface area contributed by atoms with Crippen molar-refractivity contribution < 1.29 is 19.3 Å². The van der Waals surface area contributed by atoms with Gasteiger partial charge in [0.15, 0.2) is 11.5 Å². The van der Waals surface area contributed by atoms with E-state index in [2.05, 4.69) is 5.32 Å². The molecule has 20 heavy (non-hydrogen) atoms. The Morgan fingerprint density at radius 3 is 2.20 bits per heavy atom. The summed E-state index contributed by atoms with van der Waals surface area (Å²) in [5, 5.41) is 13.3. The van der Waals surface area contributed by atoms with Gasteiger partial charge in [0.2, 0.25) is 5.75 Å². The summed E-state index contributed by atoms with van der Waals surface area (Å²) >= 11 is 0. The molecule has 0 saturated heterocycles. The van der Waals surface area contributed by atoms with E-state index >= 15 is 0 Å². The van der Waals surface area contributed by atoms with Crippen molar-refractivity contribution in [2.45, 2.75) is 26.4 Å². The van der Waals surface area contributed by atoms with Gasteiger partial charge in [-0.05, 0) is 38.1 Å². The van der Waals surface area contributed by atoms with Gasteiger partial charge in [0.25, 0.3) is 0 Å². The average molecular weight is 283 g/mol. The summed E-state index contributed by atoms with van der Waals surface area (Å²) in [4.78, 5) is 0. The molecule has 0 aliphatic carbocycles. The number of likely N-dealkylation sites (N-methyl/N-ethyl adjacent to an activating group) is 1. The third kappa shape index (κ3) is 4.58. The Hall–Kier alpha value is -1.46. The van der Waals surface area contributed by atoms with Gasteiger partial charge >= 0.3 is 0 Å². The van der Waals surface area contributed by atoms with Crippen LogP contribution in [0.2, 0.25) is 0 Å². The molecule has 0 aromatic heterocycles. The number of hydrogen-bond donors (Lipinski definition) is 2. The number of nitrogens with one attached hydrogen (secondary N) is 1. The van der Waals surface area contributed by atoms with Crippen LogP contribution < -0.4 is 19.5 Å². The number of methoxy groups -OCH3 is 2. The highest BCUT2D eigenvalue weighted by Gasteiger charge is 2.23. The predicted molar refractivity (Wildman–Crippen MR) is 78.9 cm³/mol. The van der Waals surface area contributed by atoms with Crippen LogP contribution in [-0.4, -0.2) is 44.6 Å². The second-order valence-corrected chi connectivity index (χ2v) is 5.06. The standard InChI is InChI=1S/C15H25NO4/c1-6-16-9-15(3,17)10-20-14-12(18-4)7-11(2)8-13(14)19-5/h7-8,16-17H,6,9-10H2,1-5H3. The lowest BCUT2D eigenvalue weighted by molar-refractivity contribution is 0.0112. The molecule has 114 valence electrons. The molecule has 0 heterocycles. The topological polar surface area (TPSA) is 60.0 Å². The van der Waals surface area contributed by atoms with Crippen molar-refractivity contribution in [3.05, 3.63) is 17.7 Å². The van der Waals surface area contributed by atoms with Gasteiger partial charge in [-0.25, -0.2) is 0 Å². The van der Waals surface area contributed by atoms with Crippen LogP contribution in [0.5, 0.6) is 17.2 Å². The maximum atomic E-state index is 10.2. The third-order valence-electron chi connectivity index (χ3n) is 2.89. The van der Waals surface area contributed by atoms with E-state index in [9.17, 15) is 5.11 Å². The predicted octanol–water partition coefficient (Wildman–Crippen LogP) is 1.75. The van der Waals surface area contributed by atoms with Crippen LogP contribution in [0, 0.1) is 6.92 Å². The molecule has 1 aromatic rings. The number of ether oxygens (including phenoxy) is 3. The number of rotatable bonds is 8. The molecule has 0 radical (unpaired) electrons. The largest absolute Gasteiger partial charge is 0.493 e. The van der Waals surface area contributed by atoms with Crippen molar-refractivity contribution in [2.75, 3.05) is 33.9 Å². The Balaban J connectivity index is 2.86. The Morgan fingerprint density at radius 1 is 1.20 bits per heavy atom. The lowest BCUT2D eigenvalue weighted by Crippen LogP contribution is -2.42. The van der Waals surface area contributed by atoms with E-state index in [4.69, 9.17) is 14.2 Å². The molecule has 0 spiro atoms. The molecule has 1 unspecified atom stereocenters. The van der Waals surface area contributed by atoms with Gasteiger partial charge in [-0.15, -0.1) is 0 Å². The Bertz CT molecular complexity index is 407. The number of aryl methyl sites for hydroxylation is 1. The summed E-state index contributed by atoms with van der Waals surface area (Å²) in [5.41, 5.74) is 0.0576. The first kappa shape index (κ1) is 16.6. The first-order chi connectivity index (χ1) is 9.43. The van der Waals surface area contributed by atoms with Crippen LogP contribution in [0.25, 0.3) is 0 Å². The molecule has 1 atom stereocenters. The van der Waals surface area contributed by atoms with Crippen molar-refractivity contribution in [3.8, 4) is 17.2 Å². The summed E-state index contributed by atoms with van der Waals surface area (Å²) in [6.45, 7) is 7.07. The van der Waals surface area contributed by atoms with E-state index < -0.39 is 5.60 Å². The fourth-order valence-corrected chi connectivity index (χ4v) is 1.83. The molecule has 0 aliphatic rings. The van der Waals surface area contributed by atoms with Crippen molar-refractivity contribution in [3.63, 3.8) is 0 Å². The van der Waals surface area contributed by atoms with E-state index in [1.807, 2.05) is 26.0 Å². The summed E-state index contributed by atoms with van der Waals surface area (Å²) in [6, 6.07) is 3.74. The molecule has 0 amide bonds. The van der Waals surface area contributed by atoms with Crippen LogP contribution in [0.4, 0.5) is 0 Å². The van der Waals surface area contributed by atoms with Gasteiger partial charge in [-0.1, -0.05) is 6.92 Å². The van der Waals surface area contributed by atoms with Gasteiger partial charge in [-0.2, -0.15) is 0 Å². The van der Waals surface area contributed by atoms with E-state index in [-0.39, 0.29) is 6.61 Å². The SMILES string of the molecule is CCNCC(C)(O)COc1c(OC)cc(C)cc1OC. The first-order valence-corrected chi connectivity index (χ1v) is 6.72. The van der Waals surface area contributed by atoms with Crippen molar-refractivity contribution in [1.82, 2.24) is 5.32 Å². The normalized spacial score (nSPS) is 13.7. The molecule has 0 aliphatic heterocycles. The Labute approximate surface area is 120 Å². The summed E-state index contributed by atoms with van der Waals surface area (Å²) in [5.74, 6) is 1.71. The van der Waals surface area contributed by atoms with E-state index in [0.717, 1.165) is 12.1 Å². The monoisotopic (exact) mass is 283 g/mol. The maximum Gasteiger partial charge on any atom is 0.203 e. The van der Waals surface area contributed by atoms with Gasteiger partial charge in [0, 0.05) is 6.54 Å². The van der Waals surface area contributed by atoms with Crippen LogP contribution in [0.15, 0.2) is 12.1 Å². The summed E-state index contributed by atoms with van der Waals surface area (Å²) < 4.78 is 16.4. The molecular weight excluding hydrogens is 258 g/mol. The fraction of sp³-hybridized carbons (Fsp3) is 0.600. The van der Waals surface area contributed by atoms with Gasteiger partial charge in [0.1, 0.15) is 12.2 Å². The third-order valence-corrected chi connectivity index (χ3v) is 2.89. The fourth-order valence-electron chi connectivity index (χ4n) is 1.83. The van der Waals surface area contributed by atoms with Gasteiger partial charge < -0.3 is 24.6 Å². The van der Waals surface area contributed by atoms with Crippen LogP contribution in [0.3, 0.4) is 0 Å². The maximum absolute atomic E-state index is 10.2. The molecule has 5 heteroatoms. The molecule has 1 rings (SSSR count). The zero-order chi connectivity index (χ0) is 15.2. The van der Waals surface area contributed by atoms with Gasteiger partial charge in [0.05, 0.1) is 14.2 Å². The minimum atomic E-state index is -0.961. The molecule has 2 N–H and O–H groups in total. The molecular formula is C15H25NO4. The zero-order valence-electron chi connectivity index (χ0n) is 12.9. The second kappa shape index (κ2) is 7.36. The molecule has 0 fully saturated rings. The number of hydrogen-bond acceptors (Lipinski definition) is 5. The van der Waals surface area contributed by atoms with Crippen LogP contribution in [0.1, 0.15) is 19.4 Å². The molecule has 5 nitrogen and oxygen atoms in total. The van der Waals surface area contributed by atoms with Gasteiger partial charge in [-0.3, -0.25) is 0 Å². The quantitative estimate of drug-likeness (QED) is 0.761. The lowest BCUT2D eigenvalue weighted by atomic mass is 10.1. The van der Waals surface area contributed by atoms with Crippen molar-refractivity contribution >= 4 is 0 Å². The van der Waals surface area contributed by atoms with Crippen molar-refractivity contribution in [2.24, 2.45) is 0 Å². The molecule has 0 bridgehead atoms. The minimum absolute atomic E-state index is 0.149. The summed E-state index contributed by atoms with van der Waals surface area (Å²) in [6.07, 6.45) is 0. The first-order valence-electron chi connectivity index (χ1n) is 6.72. The highest BCUT2D eigenvalue weighted by molar-refractivity contribution is 5.53. The molecule has 0 saturated carbocycles. The van der Waals surface area contributed by atoms with E-state index in [1.165, 1.54) is 0 Å². The average Bonchev–Trinajstić information content (AvgIpc) is 2.42. The summed E-state index contributed by atoms with van der Waals surface area (Å²) in [7, 11) is 3.16. The lowest BCUT2D eigenvalue weighted by Gasteiger charge is -2.25. The second-order valence-electron chi connectivity index (χ2n) is 5.06. The van der Waals surface area contributed by atoms with E-state index in [0.29, 0.717) is 23.8 Å². The van der Waals surface area contributed by atoms with Crippen LogP contribution in [-0.2, 0) is 0 Å². The smallest absolute Gasteiger partial charge is 0.203 e. The Morgan fingerprint density at radius 2 is 1.75 bits per heavy atom. The number of benzene rings is 1. The highest BCUT2D eigenvalue weighted by Crippen LogP contribution is 2.38. The van der Waals surface area contributed by atoms with E-state index in [1.54, 1.807) is 21.1 Å². The molecule has 1 aromatic carbocycles.